The molecule has 0 saturated carbocycles. The molecule has 1 amide bonds. The van der Waals surface area contributed by atoms with E-state index >= 15 is 0 Å². The topological polar surface area (TPSA) is 60.8 Å². The lowest BCUT2D eigenvalue weighted by Gasteiger charge is -2.24. The van der Waals surface area contributed by atoms with E-state index in [4.69, 9.17) is 11.6 Å². The number of hydrogen-bond acceptors (Lipinski definition) is 3. The van der Waals surface area contributed by atoms with E-state index in [-0.39, 0.29) is 12.5 Å². The highest BCUT2D eigenvalue weighted by molar-refractivity contribution is 6.30. The zero-order chi connectivity index (χ0) is 14.8. The van der Waals surface area contributed by atoms with E-state index in [1.165, 1.54) is 0 Å². The van der Waals surface area contributed by atoms with Crippen LogP contribution in [0.1, 0.15) is 35.2 Å². The molecule has 1 aliphatic rings. The van der Waals surface area contributed by atoms with Gasteiger partial charge in [-0.25, -0.2) is 0 Å². The third-order valence-electron chi connectivity index (χ3n) is 3.92. The lowest BCUT2D eigenvalue weighted by atomic mass is 9.96. The average Bonchev–Trinajstić information content (AvgIpc) is 2.61. The lowest BCUT2D eigenvalue weighted by Crippen LogP contribution is -2.36. The van der Waals surface area contributed by atoms with Gasteiger partial charge in [-0.1, -0.05) is 11.6 Å². The smallest absolute Gasteiger partial charge is 0.254 e. The fraction of sp³-hybridized carbons (Fsp3) is 0.533. The fourth-order valence-electron chi connectivity index (χ4n) is 2.58. The molecule has 0 spiro atoms. The molecule has 1 atom stereocenters. The van der Waals surface area contributed by atoms with E-state index < -0.39 is 5.60 Å². The number of likely N-dealkylation sites (tertiary alicyclic amines) is 1. The van der Waals surface area contributed by atoms with Crippen LogP contribution in [0.4, 0.5) is 0 Å². The zero-order valence-electron chi connectivity index (χ0n) is 11.6. The molecule has 2 rings (SSSR count). The summed E-state index contributed by atoms with van der Waals surface area (Å²) in [5.74, 6) is -0.0404. The van der Waals surface area contributed by atoms with Gasteiger partial charge in [0.15, 0.2) is 0 Å². The first-order valence-corrected chi connectivity index (χ1v) is 7.22. The Hall–Kier alpha value is -1.10. The van der Waals surface area contributed by atoms with Crippen LogP contribution in [0.3, 0.4) is 0 Å². The van der Waals surface area contributed by atoms with Crippen LogP contribution >= 0.6 is 11.6 Å². The van der Waals surface area contributed by atoms with Crippen LogP contribution in [0.5, 0.6) is 0 Å². The summed E-state index contributed by atoms with van der Waals surface area (Å²) in [6, 6.07) is 5.23. The van der Waals surface area contributed by atoms with Crippen molar-refractivity contribution in [2.24, 2.45) is 0 Å². The van der Waals surface area contributed by atoms with E-state index in [1.807, 2.05) is 6.92 Å². The largest absolute Gasteiger partial charge is 0.393 e. The number of halogens is 1. The van der Waals surface area contributed by atoms with Gasteiger partial charge >= 0.3 is 0 Å². The number of amides is 1. The molecule has 0 bridgehead atoms. The van der Waals surface area contributed by atoms with E-state index in [9.17, 15) is 15.0 Å². The maximum atomic E-state index is 12.5. The first-order chi connectivity index (χ1) is 9.45. The van der Waals surface area contributed by atoms with Gasteiger partial charge < -0.3 is 15.1 Å². The molecule has 0 unspecified atom stereocenters. The predicted molar refractivity (Wildman–Crippen MR) is 78.0 cm³/mol. The number of benzene rings is 1. The highest BCUT2D eigenvalue weighted by atomic mass is 35.5. The van der Waals surface area contributed by atoms with Crippen molar-refractivity contribution in [2.45, 2.75) is 31.8 Å². The van der Waals surface area contributed by atoms with Gasteiger partial charge in [-0.3, -0.25) is 4.79 Å². The number of carbonyl (C=O) groups is 1. The van der Waals surface area contributed by atoms with Crippen LogP contribution in [0.25, 0.3) is 0 Å². The monoisotopic (exact) mass is 297 g/mol. The maximum absolute atomic E-state index is 12.5. The van der Waals surface area contributed by atoms with E-state index in [2.05, 4.69) is 0 Å². The number of aliphatic hydroxyl groups is 2. The second-order valence-corrected chi connectivity index (χ2v) is 5.92. The Kier molecular flexibility index (Phi) is 4.68. The SMILES string of the molecule is Cc1cc(Cl)ccc1C(=O)N1CCC[C@](O)(CO)CC1. The Bertz CT molecular complexity index is 506. The van der Waals surface area contributed by atoms with E-state index in [0.29, 0.717) is 42.9 Å². The van der Waals surface area contributed by atoms with Crippen molar-refractivity contribution in [3.63, 3.8) is 0 Å². The first kappa shape index (κ1) is 15.3. The van der Waals surface area contributed by atoms with Crippen molar-refractivity contribution in [1.82, 2.24) is 4.90 Å². The molecule has 4 nitrogen and oxygen atoms in total. The summed E-state index contributed by atoms with van der Waals surface area (Å²) in [5.41, 5.74) is 0.442. The first-order valence-electron chi connectivity index (χ1n) is 6.84. The molecule has 0 radical (unpaired) electrons. The molecule has 1 aromatic rings. The number of aliphatic hydroxyl groups excluding tert-OH is 1. The molecule has 1 saturated heterocycles. The van der Waals surface area contributed by atoms with E-state index in [1.54, 1.807) is 23.1 Å². The summed E-state index contributed by atoms with van der Waals surface area (Å²) in [6.45, 7) is 2.66. The molecule has 1 fully saturated rings. The van der Waals surface area contributed by atoms with Gasteiger partial charge in [0, 0.05) is 23.7 Å². The van der Waals surface area contributed by atoms with Gasteiger partial charge in [-0.05, 0) is 49.9 Å². The molecule has 5 heteroatoms. The van der Waals surface area contributed by atoms with Crippen LogP contribution in [0.2, 0.25) is 5.02 Å². The van der Waals surface area contributed by atoms with Crippen LogP contribution in [-0.4, -0.2) is 46.3 Å². The summed E-state index contributed by atoms with van der Waals surface area (Å²) >= 11 is 5.90. The Morgan fingerprint density at radius 3 is 2.80 bits per heavy atom. The summed E-state index contributed by atoms with van der Waals surface area (Å²) in [5, 5.41) is 20.0. The molecule has 110 valence electrons. The summed E-state index contributed by atoms with van der Waals surface area (Å²) in [4.78, 5) is 14.3. The molecule has 0 aromatic heterocycles. The molecule has 2 N–H and O–H groups in total. The zero-order valence-corrected chi connectivity index (χ0v) is 12.4. The standard InChI is InChI=1S/C15H20ClNO3/c1-11-9-12(16)3-4-13(11)14(19)17-7-2-5-15(20,10-18)6-8-17/h3-4,9,18,20H,2,5-8,10H2,1H3/t15-/m1/s1. The van der Waals surface area contributed by atoms with Crippen molar-refractivity contribution in [3.8, 4) is 0 Å². The normalized spacial score (nSPS) is 23.5. The van der Waals surface area contributed by atoms with Crippen molar-refractivity contribution < 1.29 is 15.0 Å². The lowest BCUT2D eigenvalue weighted by molar-refractivity contribution is -0.0250. The number of hydrogen-bond donors (Lipinski definition) is 2. The quantitative estimate of drug-likeness (QED) is 0.878. The highest BCUT2D eigenvalue weighted by Crippen LogP contribution is 2.24. The summed E-state index contributed by atoms with van der Waals surface area (Å²) in [6.07, 6.45) is 1.62. The Morgan fingerprint density at radius 1 is 1.40 bits per heavy atom. The molecule has 20 heavy (non-hydrogen) atoms. The average molecular weight is 298 g/mol. The molecule has 1 aliphatic heterocycles. The predicted octanol–water partition coefficient (Wildman–Crippen LogP) is 2.00. The third-order valence-corrected chi connectivity index (χ3v) is 4.15. The van der Waals surface area contributed by atoms with Gasteiger partial charge in [0.1, 0.15) is 0 Å². The third kappa shape index (κ3) is 3.32. The van der Waals surface area contributed by atoms with Crippen LogP contribution in [0.15, 0.2) is 18.2 Å². The molecule has 0 aliphatic carbocycles. The van der Waals surface area contributed by atoms with Gasteiger partial charge in [0.25, 0.3) is 5.91 Å². The van der Waals surface area contributed by atoms with Gasteiger partial charge in [0.2, 0.25) is 0 Å². The van der Waals surface area contributed by atoms with Gasteiger partial charge in [0.05, 0.1) is 12.2 Å². The second-order valence-electron chi connectivity index (χ2n) is 5.49. The van der Waals surface area contributed by atoms with E-state index in [0.717, 1.165) is 5.56 Å². The molecule has 1 heterocycles. The number of aryl methyl sites for hydroxylation is 1. The second kappa shape index (κ2) is 6.12. The highest BCUT2D eigenvalue weighted by Gasteiger charge is 2.31. The van der Waals surface area contributed by atoms with Crippen LogP contribution in [-0.2, 0) is 0 Å². The molecule has 1 aromatic carbocycles. The Labute approximate surface area is 124 Å². The van der Waals surface area contributed by atoms with Gasteiger partial charge in [-0.2, -0.15) is 0 Å². The minimum Gasteiger partial charge on any atom is -0.393 e. The van der Waals surface area contributed by atoms with Crippen molar-refractivity contribution in [3.05, 3.63) is 34.3 Å². The van der Waals surface area contributed by atoms with Crippen molar-refractivity contribution >= 4 is 17.5 Å². The fourth-order valence-corrected chi connectivity index (χ4v) is 2.80. The Balaban J connectivity index is 2.13. The van der Waals surface area contributed by atoms with Crippen molar-refractivity contribution in [2.75, 3.05) is 19.7 Å². The summed E-state index contributed by atoms with van der Waals surface area (Å²) in [7, 11) is 0. The maximum Gasteiger partial charge on any atom is 0.254 e. The molecular weight excluding hydrogens is 278 g/mol. The number of nitrogens with zero attached hydrogens (tertiary/aromatic N) is 1. The van der Waals surface area contributed by atoms with Crippen LogP contribution < -0.4 is 0 Å². The van der Waals surface area contributed by atoms with Gasteiger partial charge in [-0.15, -0.1) is 0 Å². The van der Waals surface area contributed by atoms with Crippen LogP contribution in [0, 0.1) is 6.92 Å². The number of rotatable bonds is 2. The summed E-state index contributed by atoms with van der Waals surface area (Å²) < 4.78 is 0. The van der Waals surface area contributed by atoms with Crippen molar-refractivity contribution in [1.29, 1.82) is 0 Å². The Morgan fingerprint density at radius 2 is 2.15 bits per heavy atom. The number of carbonyl (C=O) groups excluding carboxylic acids is 1. The minimum atomic E-state index is -1.05. The minimum absolute atomic E-state index is 0.0404. The molecular formula is C15H20ClNO3.